The Bertz CT molecular complexity index is 875. The van der Waals surface area contributed by atoms with Gasteiger partial charge in [0.05, 0.1) is 23.9 Å². The van der Waals surface area contributed by atoms with Crippen LogP contribution in [0.25, 0.3) is 0 Å². The van der Waals surface area contributed by atoms with E-state index in [1.165, 1.54) is 33.8 Å². The van der Waals surface area contributed by atoms with Crippen LogP contribution in [0.3, 0.4) is 0 Å². The molecular formula is C19H22N2O4S2. The Kier molecular flexibility index (Phi) is 6.54. The minimum atomic E-state index is -3.52. The van der Waals surface area contributed by atoms with Gasteiger partial charge >= 0.3 is 0 Å². The van der Waals surface area contributed by atoms with Crippen LogP contribution in [0.5, 0.6) is 0 Å². The zero-order valence-electron chi connectivity index (χ0n) is 15.1. The number of rotatable bonds is 6. The number of morpholine rings is 1. The summed E-state index contributed by atoms with van der Waals surface area (Å²) in [5, 5.41) is 2.79. The van der Waals surface area contributed by atoms with E-state index in [2.05, 4.69) is 5.32 Å². The number of nitrogens with one attached hydrogen (secondary N) is 1. The molecule has 1 saturated heterocycles. The van der Waals surface area contributed by atoms with E-state index in [4.69, 9.17) is 4.74 Å². The Hall–Kier alpha value is -1.87. The Balaban J connectivity index is 1.56. The molecule has 1 heterocycles. The molecule has 1 N–H and O–H groups in total. The molecule has 0 aliphatic carbocycles. The van der Waals surface area contributed by atoms with Crippen molar-refractivity contribution in [2.75, 3.05) is 37.4 Å². The first-order valence-corrected chi connectivity index (χ1v) is 11.0. The lowest BCUT2D eigenvalue weighted by atomic mass is 10.2. The zero-order chi connectivity index (χ0) is 19.3. The summed E-state index contributed by atoms with van der Waals surface area (Å²) in [5.74, 6) is 0.154. The van der Waals surface area contributed by atoms with Crippen molar-refractivity contribution in [3.05, 3.63) is 54.1 Å². The zero-order valence-corrected chi connectivity index (χ0v) is 16.7. The van der Waals surface area contributed by atoms with E-state index in [-0.39, 0.29) is 16.6 Å². The maximum atomic E-state index is 12.6. The summed E-state index contributed by atoms with van der Waals surface area (Å²) in [6.07, 6.45) is 0. The van der Waals surface area contributed by atoms with Crippen molar-refractivity contribution in [1.29, 1.82) is 0 Å². The second-order valence-corrected chi connectivity index (χ2v) is 9.18. The number of thioether (sulfide) groups is 1. The van der Waals surface area contributed by atoms with E-state index in [9.17, 15) is 13.2 Å². The van der Waals surface area contributed by atoms with Gasteiger partial charge in [-0.05, 0) is 43.3 Å². The van der Waals surface area contributed by atoms with E-state index >= 15 is 0 Å². The second-order valence-electron chi connectivity index (χ2n) is 6.19. The average Bonchev–Trinajstić information content (AvgIpc) is 2.69. The highest BCUT2D eigenvalue weighted by molar-refractivity contribution is 8.00. The third-order valence-electron chi connectivity index (χ3n) is 4.14. The number of aryl methyl sites for hydroxylation is 1. The topological polar surface area (TPSA) is 75.7 Å². The Morgan fingerprint density at radius 1 is 1.07 bits per heavy atom. The molecule has 0 saturated carbocycles. The molecule has 1 fully saturated rings. The van der Waals surface area contributed by atoms with Crippen molar-refractivity contribution in [2.45, 2.75) is 16.7 Å². The quantitative estimate of drug-likeness (QED) is 0.747. The molecule has 2 aromatic rings. The molecule has 0 spiro atoms. The molecule has 144 valence electrons. The van der Waals surface area contributed by atoms with Gasteiger partial charge in [0.1, 0.15) is 0 Å². The number of carbonyl (C=O) groups excluding carboxylic acids is 1. The van der Waals surface area contributed by atoms with E-state index in [0.717, 1.165) is 4.90 Å². The van der Waals surface area contributed by atoms with Crippen LogP contribution in [0.15, 0.2) is 58.3 Å². The molecule has 1 amide bonds. The first kappa shape index (κ1) is 19.9. The van der Waals surface area contributed by atoms with Gasteiger partial charge in [-0.3, -0.25) is 4.79 Å². The minimum absolute atomic E-state index is 0.135. The summed E-state index contributed by atoms with van der Waals surface area (Å²) in [5.41, 5.74) is 1.75. The van der Waals surface area contributed by atoms with Crippen LogP contribution >= 0.6 is 11.8 Å². The van der Waals surface area contributed by atoms with Crippen LogP contribution < -0.4 is 5.32 Å². The van der Waals surface area contributed by atoms with Crippen LogP contribution in [0.1, 0.15) is 5.56 Å². The fourth-order valence-corrected chi connectivity index (χ4v) is 4.73. The fraction of sp³-hybridized carbons (Fsp3) is 0.316. The lowest BCUT2D eigenvalue weighted by Crippen LogP contribution is -2.40. The lowest BCUT2D eigenvalue weighted by Gasteiger charge is -2.26. The molecule has 3 rings (SSSR count). The number of anilines is 1. The molecule has 0 aromatic heterocycles. The van der Waals surface area contributed by atoms with E-state index in [1.807, 2.05) is 31.2 Å². The highest BCUT2D eigenvalue weighted by atomic mass is 32.2. The predicted molar refractivity (Wildman–Crippen MR) is 107 cm³/mol. The summed E-state index contributed by atoms with van der Waals surface area (Å²) in [7, 11) is -3.52. The summed E-state index contributed by atoms with van der Waals surface area (Å²) in [6.45, 7) is 3.55. The highest BCUT2D eigenvalue weighted by Crippen LogP contribution is 2.21. The van der Waals surface area contributed by atoms with Gasteiger partial charge in [-0.25, -0.2) is 8.42 Å². The number of sulfonamides is 1. The van der Waals surface area contributed by atoms with Crippen molar-refractivity contribution in [3.63, 3.8) is 0 Å². The normalized spacial score (nSPS) is 15.4. The molecule has 1 aliphatic rings. The summed E-state index contributed by atoms with van der Waals surface area (Å²) >= 11 is 1.46. The predicted octanol–water partition coefficient (Wildman–Crippen LogP) is 2.75. The molecule has 27 heavy (non-hydrogen) atoms. The lowest BCUT2D eigenvalue weighted by molar-refractivity contribution is -0.113. The van der Waals surface area contributed by atoms with E-state index < -0.39 is 10.0 Å². The molecule has 0 atom stereocenters. The highest BCUT2D eigenvalue weighted by Gasteiger charge is 2.26. The van der Waals surface area contributed by atoms with E-state index in [1.54, 1.807) is 12.1 Å². The van der Waals surface area contributed by atoms with Crippen LogP contribution in [0, 0.1) is 6.92 Å². The van der Waals surface area contributed by atoms with Crippen LogP contribution in [0.2, 0.25) is 0 Å². The molecule has 0 radical (unpaired) electrons. The third-order valence-corrected chi connectivity index (χ3v) is 7.06. The monoisotopic (exact) mass is 406 g/mol. The van der Waals surface area contributed by atoms with Gasteiger partial charge in [0.15, 0.2) is 0 Å². The average molecular weight is 407 g/mol. The van der Waals surface area contributed by atoms with Gasteiger partial charge in [-0.2, -0.15) is 4.31 Å². The van der Waals surface area contributed by atoms with Crippen molar-refractivity contribution in [2.24, 2.45) is 0 Å². The fourth-order valence-electron chi connectivity index (χ4n) is 2.63. The first-order valence-electron chi connectivity index (χ1n) is 8.62. The molecule has 1 aliphatic heterocycles. The van der Waals surface area contributed by atoms with Crippen LogP contribution in [-0.4, -0.2) is 50.7 Å². The Labute approximate surface area is 164 Å². The minimum Gasteiger partial charge on any atom is -0.379 e. The SMILES string of the molecule is Cc1ccc(SCC(=O)Nc2ccc(S(=O)(=O)N3CCOCC3)cc2)cc1. The first-order chi connectivity index (χ1) is 12.9. The van der Waals surface area contributed by atoms with Crippen molar-refractivity contribution in [1.82, 2.24) is 4.31 Å². The molecule has 8 heteroatoms. The Morgan fingerprint density at radius 2 is 1.70 bits per heavy atom. The number of amides is 1. The number of carbonyl (C=O) groups is 1. The van der Waals surface area contributed by atoms with Gasteiger partial charge in [0.2, 0.25) is 15.9 Å². The van der Waals surface area contributed by atoms with Crippen molar-refractivity contribution in [3.8, 4) is 0 Å². The van der Waals surface area contributed by atoms with Gasteiger partial charge in [-0.15, -0.1) is 11.8 Å². The van der Waals surface area contributed by atoms with Crippen molar-refractivity contribution < 1.29 is 17.9 Å². The molecule has 0 unspecified atom stereocenters. The standard InChI is InChI=1S/C19H22N2O4S2/c1-15-2-6-17(7-3-15)26-14-19(22)20-16-4-8-18(9-5-16)27(23,24)21-10-12-25-13-11-21/h2-9H,10-14H2,1H3,(H,20,22). The van der Waals surface area contributed by atoms with Crippen LogP contribution in [-0.2, 0) is 19.6 Å². The largest absolute Gasteiger partial charge is 0.379 e. The smallest absolute Gasteiger partial charge is 0.243 e. The number of nitrogens with zero attached hydrogens (tertiary/aromatic N) is 1. The number of benzene rings is 2. The summed E-state index contributed by atoms with van der Waals surface area (Å²) in [4.78, 5) is 13.4. The van der Waals surface area contributed by atoms with E-state index in [0.29, 0.717) is 32.0 Å². The molecular weight excluding hydrogens is 384 g/mol. The molecule has 0 bridgehead atoms. The van der Waals surface area contributed by atoms with Crippen molar-refractivity contribution >= 4 is 33.4 Å². The Morgan fingerprint density at radius 3 is 2.33 bits per heavy atom. The van der Waals surface area contributed by atoms with Crippen LogP contribution in [0.4, 0.5) is 5.69 Å². The van der Waals surface area contributed by atoms with Gasteiger partial charge in [0, 0.05) is 23.7 Å². The third kappa shape index (κ3) is 5.32. The maximum Gasteiger partial charge on any atom is 0.243 e. The molecule has 2 aromatic carbocycles. The maximum absolute atomic E-state index is 12.6. The second kappa shape index (κ2) is 8.88. The van der Waals surface area contributed by atoms with Gasteiger partial charge in [0.25, 0.3) is 0 Å². The number of hydrogen-bond donors (Lipinski definition) is 1. The van der Waals surface area contributed by atoms with Gasteiger partial charge in [-0.1, -0.05) is 17.7 Å². The number of hydrogen-bond acceptors (Lipinski definition) is 5. The molecule has 6 nitrogen and oxygen atoms in total. The van der Waals surface area contributed by atoms with Gasteiger partial charge < -0.3 is 10.1 Å². The summed E-state index contributed by atoms with van der Waals surface area (Å²) < 4.78 is 31.8. The summed E-state index contributed by atoms with van der Waals surface area (Å²) in [6, 6.07) is 14.3. The number of ether oxygens (including phenoxy) is 1.